The van der Waals surface area contributed by atoms with Crippen LogP contribution in [0.4, 0.5) is 0 Å². The number of nitrogens with zero attached hydrogens (tertiary/aromatic N) is 2. The summed E-state index contributed by atoms with van der Waals surface area (Å²) in [6, 6.07) is 8.51. The van der Waals surface area contributed by atoms with E-state index in [2.05, 4.69) is 5.10 Å². The lowest BCUT2D eigenvalue weighted by Gasteiger charge is -2.10. The first-order valence-electron chi connectivity index (χ1n) is 5.70. The highest BCUT2D eigenvalue weighted by molar-refractivity contribution is 5.63. The summed E-state index contributed by atoms with van der Waals surface area (Å²) in [5.74, 6) is 1.24. The van der Waals surface area contributed by atoms with Crippen molar-refractivity contribution in [2.45, 2.75) is 6.67 Å². The minimum atomic E-state index is -0.230. The Balaban J connectivity index is 2.50. The molecular formula is C13H15N3O3. The highest BCUT2D eigenvalue weighted by Gasteiger charge is 2.08. The molecule has 100 valence electrons. The molecule has 1 heterocycles. The number of rotatable bonds is 4. The second kappa shape index (κ2) is 5.53. The predicted molar refractivity (Wildman–Crippen MR) is 71.2 cm³/mol. The lowest BCUT2D eigenvalue weighted by Crippen LogP contribution is -2.25. The van der Waals surface area contributed by atoms with Crippen LogP contribution in [0.3, 0.4) is 0 Å². The number of benzene rings is 1. The molecule has 1 aromatic carbocycles. The first-order chi connectivity index (χ1) is 9.19. The first kappa shape index (κ1) is 13.1. The van der Waals surface area contributed by atoms with Crippen molar-refractivity contribution in [3.8, 4) is 22.8 Å². The molecule has 0 fully saturated rings. The molecule has 0 amide bonds. The molecule has 0 radical (unpaired) electrons. The molecule has 0 bridgehead atoms. The minimum absolute atomic E-state index is 0.0416. The standard InChI is InChI=1S/C13H15N3O3/c1-18-11-5-3-9(7-12(11)19-2)10-4-6-13(17)16(8-14)15-10/h3-7H,8,14H2,1-2H3. The van der Waals surface area contributed by atoms with Crippen molar-refractivity contribution in [3.63, 3.8) is 0 Å². The molecule has 1 aromatic heterocycles. The fourth-order valence-electron chi connectivity index (χ4n) is 1.73. The maximum Gasteiger partial charge on any atom is 0.267 e. The molecule has 2 rings (SSSR count). The van der Waals surface area contributed by atoms with Gasteiger partial charge in [0.25, 0.3) is 5.56 Å². The Bertz CT molecular complexity index is 637. The van der Waals surface area contributed by atoms with Gasteiger partial charge in [0.05, 0.1) is 26.6 Å². The molecule has 0 unspecified atom stereocenters. The number of methoxy groups -OCH3 is 2. The molecule has 0 spiro atoms. The largest absolute Gasteiger partial charge is 0.493 e. The highest BCUT2D eigenvalue weighted by Crippen LogP contribution is 2.31. The monoisotopic (exact) mass is 261 g/mol. The van der Waals surface area contributed by atoms with Crippen LogP contribution >= 0.6 is 0 Å². The van der Waals surface area contributed by atoms with Gasteiger partial charge in [-0.15, -0.1) is 0 Å². The van der Waals surface area contributed by atoms with Crippen molar-refractivity contribution >= 4 is 0 Å². The zero-order valence-corrected chi connectivity index (χ0v) is 10.8. The molecule has 6 nitrogen and oxygen atoms in total. The number of hydrogen-bond donors (Lipinski definition) is 1. The van der Waals surface area contributed by atoms with Gasteiger partial charge in [0.15, 0.2) is 11.5 Å². The highest BCUT2D eigenvalue weighted by atomic mass is 16.5. The van der Waals surface area contributed by atoms with Crippen molar-refractivity contribution in [3.05, 3.63) is 40.7 Å². The van der Waals surface area contributed by atoms with Crippen LogP contribution in [-0.4, -0.2) is 24.0 Å². The molecule has 0 aliphatic carbocycles. The normalized spacial score (nSPS) is 10.3. The molecule has 2 N–H and O–H groups in total. The first-order valence-corrected chi connectivity index (χ1v) is 5.70. The van der Waals surface area contributed by atoms with Crippen LogP contribution in [0.25, 0.3) is 11.3 Å². The van der Waals surface area contributed by atoms with Crippen LogP contribution in [0.5, 0.6) is 11.5 Å². The Kier molecular flexibility index (Phi) is 3.82. The van der Waals surface area contributed by atoms with E-state index in [1.54, 1.807) is 32.4 Å². The summed E-state index contributed by atoms with van der Waals surface area (Å²) in [5.41, 5.74) is 6.69. The fraction of sp³-hybridized carbons (Fsp3) is 0.231. The summed E-state index contributed by atoms with van der Waals surface area (Å²) >= 11 is 0. The SMILES string of the molecule is COc1ccc(-c2ccc(=O)n(CN)n2)cc1OC. The fourth-order valence-corrected chi connectivity index (χ4v) is 1.73. The molecule has 0 aliphatic heterocycles. The van der Waals surface area contributed by atoms with Crippen LogP contribution in [-0.2, 0) is 6.67 Å². The van der Waals surface area contributed by atoms with Crippen LogP contribution in [0.2, 0.25) is 0 Å². The number of aromatic nitrogens is 2. The molecular weight excluding hydrogens is 246 g/mol. The lowest BCUT2D eigenvalue weighted by atomic mass is 10.1. The van der Waals surface area contributed by atoms with Gasteiger partial charge in [0.2, 0.25) is 0 Å². The second-order valence-corrected chi connectivity index (χ2v) is 3.81. The van der Waals surface area contributed by atoms with Gasteiger partial charge in [0.1, 0.15) is 0 Å². The molecule has 2 aromatic rings. The third-order valence-corrected chi connectivity index (χ3v) is 2.72. The van der Waals surface area contributed by atoms with E-state index in [0.717, 1.165) is 5.56 Å². The zero-order chi connectivity index (χ0) is 13.8. The summed E-state index contributed by atoms with van der Waals surface area (Å²) in [6.45, 7) is 0.0416. The Labute approximate surface area is 110 Å². The van der Waals surface area contributed by atoms with E-state index < -0.39 is 0 Å². The molecule has 0 saturated heterocycles. The van der Waals surface area contributed by atoms with Crippen molar-refractivity contribution in [2.75, 3.05) is 14.2 Å². The van der Waals surface area contributed by atoms with E-state index in [-0.39, 0.29) is 12.2 Å². The van der Waals surface area contributed by atoms with E-state index in [1.807, 2.05) is 6.07 Å². The molecule has 0 aliphatic rings. The van der Waals surface area contributed by atoms with Gasteiger partial charge in [-0.2, -0.15) is 5.10 Å². The Morgan fingerprint density at radius 1 is 1.16 bits per heavy atom. The van der Waals surface area contributed by atoms with Crippen molar-refractivity contribution < 1.29 is 9.47 Å². The van der Waals surface area contributed by atoms with E-state index in [9.17, 15) is 4.79 Å². The van der Waals surface area contributed by atoms with Gasteiger partial charge >= 0.3 is 0 Å². The van der Waals surface area contributed by atoms with Crippen LogP contribution in [0.15, 0.2) is 35.1 Å². The summed E-state index contributed by atoms with van der Waals surface area (Å²) in [6.07, 6.45) is 0. The summed E-state index contributed by atoms with van der Waals surface area (Å²) < 4.78 is 11.6. The number of ether oxygens (including phenoxy) is 2. The van der Waals surface area contributed by atoms with Crippen molar-refractivity contribution in [1.82, 2.24) is 9.78 Å². The van der Waals surface area contributed by atoms with Gasteiger partial charge in [-0.05, 0) is 24.3 Å². The maximum absolute atomic E-state index is 11.4. The van der Waals surface area contributed by atoms with Gasteiger partial charge in [0, 0.05) is 11.6 Å². The Morgan fingerprint density at radius 2 is 1.89 bits per heavy atom. The average Bonchev–Trinajstić information content (AvgIpc) is 2.47. The Morgan fingerprint density at radius 3 is 2.53 bits per heavy atom. The second-order valence-electron chi connectivity index (χ2n) is 3.81. The third kappa shape index (κ3) is 2.58. The lowest BCUT2D eigenvalue weighted by molar-refractivity contribution is 0.355. The maximum atomic E-state index is 11.4. The molecule has 6 heteroatoms. The van der Waals surface area contributed by atoms with E-state index in [0.29, 0.717) is 17.2 Å². The van der Waals surface area contributed by atoms with Crippen LogP contribution in [0, 0.1) is 0 Å². The summed E-state index contributed by atoms with van der Waals surface area (Å²) in [4.78, 5) is 11.4. The number of hydrogen-bond acceptors (Lipinski definition) is 5. The smallest absolute Gasteiger partial charge is 0.267 e. The minimum Gasteiger partial charge on any atom is -0.493 e. The van der Waals surface area contributed by atoms with E-state index in [4.69, 9.17) is 15.2 Å². The van der Waals surface area contributed by atoms with E-state index >= 15 is 0 Å². The van der Waals surface area contributed by atoms with Crippen LogP contribution in [0.1, 0.15) is 0 Å². The number of nitrogens with two attached hydrogens (primary N) is 1. The zero-order valence-electron chi connectivity index (χ0n) is 10.8. The Hall–Kier alpha value is -2.34. The van der Waals surface area contributed by atoms with Gasteiger partial charge in [-0.1, -0.05) is 0 Å². The van der Waals surface area contributed by atoms with E-state index in [1.165, 1.54) is 10.7 Å². The average molecular weight is 261 g/mol. The summed E-state index contributed by atoms with van der Waals surface area (Å²) in [7, 11) is 3.14. The molecule has 0 atom stereocenters. The summed E-state index contributed by atoms with van der Waals surface area (Å²) in [5, 5.41) is 4.17. The van der Waals surface area contributed by atoms with Gasteiger partial charge < -0.3 is 15.2 Å². The van der Waals surface area contributed by atoms with Crippen LogP contribution < -0.4 is 20.8 Å². The van der Waals surface area contributed by atoms with Crippen molar-refractivity contribution in [1.29, 1.82) is 0 Å². The third-order valence-electron chi connectivity index (χ3n) is 2.72. The molecule has 19 heavy (non-hydrogen) atoms. The quantitative estimate of drug-likeness (QED) is 0.882. The van der Waals surface area contributed by atoms with Crippen molar-refractivity contribution in [2.24, 2.45) is 5.73 Å². The molecule has 0 saturated carbocycles. The van der Waals surface area contributed by atoms with Gasteiger partial charge in [-0.25, -0.2) is 4.68 Å². The predicted octanol–water partition coefficient (Wildman–Crippen LogP) is 0.844. The topological polar surface area (TPSA) is 79.4 Å². The van der Waals surface area contributed by atoms with Gasteiger partial charge in [-0.3, -0.25) is 4.79 Å².